The highest BCUT2D eigenvalue weighted by molar-refractivity contribution is 7.89. The maximum atomic E-state index is 12.8. The van der Waals surface area contributed by atoms with Gasteiger partial charge in [-0.05, 0) is 55.9 Å². The van der Waals surface area contributed by atoms with E-state index in [1.165, 1.54) is 19.2 Å². The SMILES string of the molecule is COc1ccc(S(=O)(=O)NC(CC(C)C)C(=O)N2CCCCC2)cc1. The van der Waals surface area contributed by atoms with Crippen molar-refractivity contribution in [2.24, 2.45) is 5.92 Å². The molecule has 0 aliphatic carbocycles. The molecule has 1 heterocycles. The number of ether oxygens (including phenoxy) is 1. The van der Waals surface area contributed by atoms with E-state index in [4.69, 9.17) is 4.74 Å². The molecule has 1 aliphatic heterocycles. The van der Waals surface area contributed by atoms with Crippen molar-refractivity contribution >= 4 is 15.9 Å². The lowest BCUT2D eigenvalue weighted by Gasteiger charge is -2.31. The molecule has 25 heavy (non-hydrogen) atoms. The first-order valence-electron chi connectivity index (χ1n) is 8.78. The number of piperidine rings is 1. The van der Waals surface area contributed by atoms with Gasteiger partial charge in [0.2, 0.25) is 15.9 Å². The number of carbonyl (C=O) groups excluding carboxylic acids is 1. The molecule has 6 nitrogen and oxygen atoms in total. The molecule has 2 rings (SSSR count). The fraction of sp³-hybridized carbons (Fsp3) is 0.611. The van der Waals surface area contributed by atoms with Crippen LogP contribution in [-0.2, 0) is 14.8 Å². The van der Waals surface area contributed by atoms with E-state index in [0.29, 0.717) is 25.3 Å². The largest absolute Gasteiger partial charge is 0.497 e. The first-order valence-corrected chi connectivity index (χ1v) is 10.3. The molecule has 1 aromatic rings. The van der Waals surface area contributed by atoms with E-state index in [0.717, 1.165) is 19.3 Å². The van der Waals surface area contributed by atoms with Crippen LogP contribution in [-0.4, -0.2) is 45.5 Å². The molecule has 0 aromatic heterocycles. The number of nitrogens with one attached hydrogen (secondary N) is 1. The van der Waals surface area contributed by atoms with Gasteiger partial charge in [0.05, 0.1) is 12.0 Å². The molecule has 0 saturated carbocycles. The maximum absolute atomic E-state index is 12.8. The Balaban J connectivity index is 2.17. The summed E-state index contributed by atoms with van der Waals surface area (Å²) in [5, 5.41) is 0. The number of sulfonamides is 1. The van der Waals surface area contributed by atoms with Crippen LogP contribution in [0.3, 0.4) is 0 Å². The van der Waals surface area contributed by atoms with Crippen molar-refractivity contribution in [2.45, 2.75) is 50.5 Å². The molecule has 1 aromatic carbocycles. The maximum Gasteiger partial charge on any atom is 0.241 e. The summed E-state index contributed by atoms with van der Waals surface area (Å²) in [7, 11) is -2.24. The summed E-state index contributed by atoms with van der Waals surface area (Å²) >= 11 is 0. The lowest BCUT2D eigenvalue weighted by atomic mass is 10.0. The van der Waals surface area contributed by atoms with Gasteiger partial charge in [0.1, 0.15) is 11.8 Å². The minimum atomic E-state index is -3.77. The lowest BCUT2D eigenvalue weighted by Crippen LogP contribution is -2.50. The predicted octanol–water partition coefficient (Wildman–Crippen LogP) is 2.40. The smallest absolute Gasteiger partial charge is 0.241 e. The summed E-state index contributed by atoms with van der Waals surface area (Å²) in [5.74, 6) is 0.671. The number of rotatable bonds is 7. The van der Waals surface area contributed by atoms with E-state index in [-0.39, 0.29) is 16.7 Å². The number of methoxy groups -OCH3 is 1. The Kier molecular flexibility index (Phi) is 6.84. The first kappa shape index (κ1) is 19.7. The summed E-state index contributed by atoms with van der Waals surface area (Å²) < 4.78 is 33.0. The summed E-state index contributed by atoms with van der Waals surface area (Å²) in [6.45, 7) is 5.38. The van der Waals surface area contributed by atoms with Gasteiger partial charge in [0, 0.05) is 13.1 Å². The molecular formula is C18H28N2O4S. The van der Waals surface area contributed by atoms with Crippen LogP contribution in [0.4, 0.5) is 0 Å². The van der Waals surface area contributed by atoms with Gasteiger partial charge in [-0.3, -0.25) is 4.79 Å². The summed E-state index contributed by atoms with van der Waals surface area (Å²) in [4.78, 5) is 14.7. The number of hydrogen-bond donors (Lipinski definition) is 1. The number of benzene rings is 1. The van der Waals surface area contributed by atoms with Gasteiger partial charge in [-0.25, -0.2) is 8.42 Å². The number of nitrogens with zero attached hydrogens (tertiary/aromatic N) is 1. The standard InChI is InChI=1S/C18H28N2O4S/c1-14(2)13-17(18(21)20-11-5-4-6-12-20)19-25(22,23)16-9-7-15(24-3)8-10-16/h7-10,14,17,19H,4-6,11-13H2,1-3H3. The van der Waals surface area contributed by atoms with Gasteiger partial charge >= 0.3 is 0 Å². The highest BCUT2D eigenvalue weighted by Crippen LogP contribution is 2.18. The molecule has 0 spiro atoms. The average molecular weight is 368 g/mol. The van der Waals surface area contributed by atoms with Gasteiger partial charge in [0.15, 0.2) is 0 Å². The van der Waals surface area contributed by atoms with Crippen LogP contribution in [0.1, 0.15) is 39.5 Å². The predicted molar refractivity (Wildman–Crippen MR) is 97.0 cm³/mol. The van der Waals surface area contributed by atoms with Crippen LogP contribution < -0.4 is 9.46 Å². The van der Waals surface area contributed by atoms with Crippen LogP contribution in [0.25, 0.3) is 0 Å². The molecule has 1 amide bonds. The molecule has 1 saturated heterocycles. The van der Waals surface area contributed by atoms with E-state index in [2.05, 4.69) is 4.72 Å². The molecule has 1 aliphatic rings. The Morgan fingerprint density at radius 2 is 1.76 bits per heavy atom. The van der Waals surface area contributed by atoms with Crippen molar-refractivity contribution < 1.29 is 17.9 Å². The first-order chi connectivity index (χ1) is 11.8. The molecule has 0 bridgehead atoms. The Hall–Kier alpha value is -1.60. The summed E-state index contributed by atoms with van der Waals surface area (Å²) in [6, 6.07) is 5.43. The van der Waals surface area contributed by atoms with E-state index in [1.54, 1.807) is 17.0 Å². The molecule has 7 heteroatoms. The van der Waals surface area contributed by atoms with Gasteiger partial charge in [-0.2, -0.15) is 4.72 Å². The highest BCUT2D eigenvalue weighted by Gasteiger charge is 2.30. The Labute approximate surface area is 150 Å². The Bertz CT molecular complexity index is 665. The van der Waals surface area contributed by atoms with Crippen LogP contribution in [0, 0.1) is 5.92 Å². The van der Waals surface area contributed by atoms with Crippen molar-refractivity contribution in [3.8, 4) is 5.75 Å². The monoisotopic (exact) mass is 368 g/mol. The van der Waals surface area contributed by atoms with E-state index in [9.17, 15) is 13.2 Å². The minimum Gasteiger partial charge on any atom is -0.497 e. The molecule has 1 atom stereocenters. The third-order valence-corrected chi connectivity index (χ3v) is 5.83. The van der Waals surface area contributed by atoms with Gasteiger partial charge < -0.3 is 9.64 Å². The Morgan fingerprint density at radius 1 is 1.16 bits per heavy atom. The van der Waals surface area contributed by atoms with Crippen molar-refractivity contribution in [1.82, 2.24) is 9.62 Å². The topological polar surface area (TPSA) is 75.7 Å². The quantitative estimate of drug-likeness (QED) is 0.802. The zero-order valence-corrected chi connectivity index (χ0v) is 16.0. The molecule has 1 N–H and O–H groups in total. The number of hydrogen-bond acceptors (Lipinski definition) is 4. The third kappa shape index (κ3) is 5.44. The van der Waals surface area contributed by atoms with E-state index in [1.807, 2.05) is 13.8 Å². The second-order valence-corrected chi connectivity index (χ2v) is 8.58. The van der Waals surface area contributed by atoms with Crippen LogP contribution in [0.2, 0.25) is 0 Å². The van der Waals surface area contributed by atoms with Gasteiger partial charge in [-0.15, -0.1) is 0 Å². The fourth-order valence-corrected chi connectivity index (χ4v) is 4.22. The fourth-order valence-electron chi connectivity index (χ4n) is 3.02. The zero-order valence-electron chi connectivity index (χ0n) is 15.2. The van der Waals surface area contributed by atoms with Crippen LogP contribution in [0.5, 0.6) is 5.75 Å². The third-order valence-electron chi connectivity index (χ3n) is 4.34. The van der Waals surface area contributed by atoms with Gasteiger partial charge in [-0.1, -0.05) is 13.8 Å². The lowest BCUT2D eigenvalue weighted by molar-refractivity contribution is -0.134. The zero-order chi connectivity index (χ0) is 18.4. The normalized spacial score (nSPS) is 16.7. The number of likely N-dealkylation sites (tertiary alicyclic amines) is 1. The molecule has 140 valence electrons. The Morgan fingerprint density at radius 3 is 2.28 bits per heavy atom. The van der Waals surface area contributed by atoms with Crippen molar-refractivity contribution in [1.29, 1.82) is 0 Å². The van der Waals surface area contributed by atoms with Crippen LogP contribution in [0.15, 0.2) is 29.2 Å². The second kappa shape index (κ2) is 8.67. The molecule has 1 fully saturated rings. The van der Waals surface area contributed by atoms with Gasteiger partial charge in [0.25, 0.3) is 0 Å². The number of carbonyl (C=O) groups is 1. The second-order valence-electron chi connectivity index (χ2n) is 6.86. The van der Waals surface area contributed by atoms with E-state index < -0.39 is 16.1 Å². The molecular weight excluding hydrogens is 340 g/mol. The summed E-state index contributed by atoms with van der Waals surface area (Å²) in [5.41, 5.74) is 0. The van der Waals surface area contributed by atoms with E-state index >= 15 is 0 Å². The number of amides is 1. The van der Waals surface area contributed by atoms with Crippen molar-refractivity contribution in [2.75, 3.05) is 20.2 Å². The molecule has 0 radical (unpaired) electrons. The average Bonchev–Trinajstić information content (AvgIpc) is 2.60. The van der Waals surface area contributed by atoms with Crippen LogP contribution >= 0.6 is 0 Å². The summed E-state index contributed by atoms with van der Waals surface area (Å²) in [6.07, 6.45) is 3.55. The highest BCUT2D eigenvalue weighted by atomic mass is 32.2. The molecule has 1 unspecified atom stereocenters. The minimum absolute atomic E-state index is 0.120. The van der Waals surface area contributed by atoms with Crippen molar-refractivity contribution in [3.63, 3.8) is 0 Å². The van der Waals surface area contributed by atoms with Crippen molar-refractivity contribution in [3.05, 3.63) is 24.3 Å².